The quantitative estimate of drug-likeness (QED) is 0.791. The highest BCUT2D eigenvalue weighted by Crippen LogP contribution is 2.12. The van der Waals surface area contributed by atoms with Crippen molar-refractivity contribution < 1.29 is 0 Å². The number of hydrogen-bond donors (Lipinski definition) is 1. The zero-order chi connectivity index (χ0) is 14.2. The normalized spacial score (nSPS) is 16.1. The Balaban J connectivity index is 1.79. The first-order valence-corrected chi connectivity index (χ1v) is 8.05. The van der Waals surface area contributed by atoms with Crippen LogP contribution in [0, 0.1) is 0 Å². The standard InChI is InChI=1S/C17H29N3/c1-2-19(12-7-13-20-10-5-6-11-20)15-17-9-4-3-8-16(17)14-18/h3-4,8-9H,2,5-7,10-15,18H2,1H3. The molecule has 112 valence electrons. The zero-order valence-electron chi connectivity index (χ0n) is 12.9. The second-order valence-corrected chi connectivity index (χ2v) is 5.74. The van der Waals surface area contributed by atoms with E-state index in [1.807, 2.05) is 0 Å². The predicted molar refractivity (Wildman–Crippen MR) is 85.6 cm³/mol. The fraction of sp³-hybridized carbons (Fsp3) is 0.647. The lowest BCUT2D eigenvalue weighted by Crippen LogP contribution is -2.29. The summed E-state index contributed by atoms with van der Waals surface area (Å²) in [5.74, 6) is 0. The van der Waals surface area contributed by atoms with Crippen molar-refractivity contribution in [2.75, 3.05) is 32.7 Å². The monoisotopic (exact) mass is 275 g/mol. The second-order valence-electron chi connectivity index (χ2n) is 5.74. The van der Waals surface area contributed by atoms with Crippen LogP contribution in [0.5, 0.6) is 0 Å². The van der Waals surface area contributed by atoms with Gasteiger partial charge in [-0.25, -0.2) is 0 Å². The summed E-state index contributed by atoms with van der Waals surface area (Å²) in [4.78, 5) is 5.13. The van der Waals surface area contributed by atoms with Gasteiger partial charge in [-0.3, -0.25) is 4.90 Å². The van der Waals surface area contributed by atoms with Crippen molar-refractivity contribution in [3.8, 4) is 0 Å². The molecule has 1 aromatic carbocycles. The number of rotatable bonds is 8. The van der Waals surface area contributed by atoms with E-state index >= 15 is 0 Å². The molecule has 1 heterocycles. The molecule has 0 unspecified atom stereocenters. The summed E-state index contributed by atoms with van der Waals surface area (Å²) >= 11 is 0. The molecule has 1 aliphatic rings. The molecule has 3 nitrogen and oxygen atoms in total. The Hall–Kier alpha value is -0.900. The highest BCUT2D eigenvalue weighted by Gasteiger charge is 2.12. The highest BCUT2D eigenvalue weighted by atomic mass is 15.2. The van der Waals surface area contributed by atoms with Gasteiger partial charge in [-0.05, 0) is 63.1 Å². The highest BCUT2D eigenvalue weighted by molar-refractivity contribution is 5.26. The van der Waals surface area contributed by atoms with Gasteiger partial charge in [-0.15, -0.1) is 0 Å². The van der Waals surface area contributed by atoms with Crippen molar-refractivity contribution in [3.63, 3.8) is 0 Å². The van der Waals surface area contributed by atoms with Crippen molar-refractivity contribution in [3.05, 3.63) is 35.4 Å². The van der Waals surface area contributed by atoms with Gasteiger partial charge >= 0.3 is 0 Å². The van der Waals surface area contributed by atoms with Crippen LogP contribution in [0.3, 0.4) is 0 Å². The first kappa shape index (κ1) is 15.5. The first-order valence-electron chi connectivity index (χ1n) is 8.05. The molecule has 0 atom stereocenters. The van der Waals surface area contributed by atoms with Crippen LogP contribution in [-0.2, 0) is 13.1 Å². The van der Waals surface area contributed by atoms with Crippen LogP contribution in [-0.4, -0.2) is 42.5 Å². The molecule has 3 heteroatoms. The van der Waals surface area contributed by atoms with Crippen LogP contribution >= 0.6 is 0 Å². The number of hydrogen-bond acceptors (Lipinski definition) is 3. The molecule has 1 fully saturated rings. The molecule has 0 aromatic heterocycles. The Morgan fingerprint density at radius 3 is 2.50 bits per heavy atom. The molecule has 2 rings (SSSR count). The lowest BCUT2D eigenvalue weighted by molar-refractivity contribution is 0.247. The molecule has 0 radical (unpaired) electrons. The van der Waals surface area contributed by atoms with Crippen LogP contribution in [0.25, 0.3) is 0 Å². The van der Waals surface area contributed by atoms with E-state index in [4.69, 9.17) is 5.73 Å². The molecule has 1 aromatic rings. The summed E-state index contributed by atoms with van der Waals surface area (Å²) in [5, 5.41) is 0. The Kier molecular flexibility index (Phi) is 6.51. The molecule has 0 saturated carbocycles. The lowest BCUT2D eigenvalue weighted by atomic mass is 10.1. The smallest absolute Gasteiger partial charge is 0.0236 e. The Labute approximate surface area is 123 Å². The molecule has 2 N–H and O–H groups in total. The average Bonchev–Trinajstić information content (AvgIpc) is 3.00. The maximum atomic E-state index is 5.83. The minimum Gasteiger partial charge on any atom is -0.326 e. The molecule has 0 bridgehead atoms. The number of nitrogens with zero attached hydrogens (tertiary/aromatic N) is 2. The minimum absolute atomic E-state index is 0.640. The summed E-state index contributed by atoms with van der Waals surface area (Å²) in [7, 11) is 0. The van der Waals surface area contributed by atoms with Crippen molar-refractivity contribution in [2.45, 2.75) is 39.3 Å². The van der Waals surface area contributed by atoms with Gasteiger partial charge in [-0.2, -0.15) is 0 Å². The van der Waals surface area contributed by atoms with Crippen LogP contribution in [0.1, 0.15) is 37.3 Å². The molecule has 0 spiro atoms. The van der Waals surface area contributed by atoms with Gasteiger partial charge < -0.3 is 10.6 Å². The fourth-order valence-electron chi connectivity index (χ4n) is 3.02. The van der Waals surface area contributed by atoms with E-state index in [1.54, 1.807) is 0 Å². The van der Waals surface area contributed by atoms with Gasteiger partial charge in [0.05, 0.1) is 0 Å². The second kappa shape index (κ2) is 8.40. The van der Waals surface area contributed by atoms with Crippen LogP contribution in [0.2, 0.25) is 0 Å². The van der Waals surface area contributed by atoms with E-state index in [0.717, 1.165) is 13.1 Å². The topological polar surface area (TPSA) is 32.5 Å². The Morgan fingerprint density at radius 1 is 1.15 bits per heavy atom. The van der Waals surface area contributed by atoms with E-state index in [1.165, 1.54) is 56.6 Å². The number of nitrogens with two attached hydrogens (primary N) is 1. The minimum atomic E-state index is 0.640. The van der Waals surface area contributed by atoms with E-state index in [9.17, 15) is 0 Å². The largest absolute Gasteiger partial charge is 0.326 e. The summed E-state index contributed by atoms with van der Waals surface area (Å²) in [6.07, 6.45) is 4.06. The van der Waals surface area contributed by atoms with Gasteiger partial charge in [0.15, 0.2) is 0 Å². The molecule has 20 heavy (non-hydrogen) atoms. The predicted octanol–water partition coefficient (Wildman–Crippen LogP) is 2.45. The maximum Gasteiger partial charge on any atom is 0.0236 e. The van der Waals surface area contributed by atoms with E-state index in [2.05, 4.69) is 41.0 Å². The van der Waals surface area contributed by atoms with Crippen LogP contribution < -0.4 is 5.73 Å². The summed E-state index contributed by atoms with van der Waals surface area (Å²) in [6, 6.07) is 8.56. The Morgan fingerprint density at radius 2 is 1.85 bits per heavy atom. The molecule has 1 aliphatic heterocycles. The van der Waals surface area contributed by atoms with Gasteiger partial charge in [-0.1, -0.05) is 31.2 Å². The van der Waals surface area contributed by atoms with Crippen molar-refractivity contribution in [1.29, 1.82) is 0 Å². The SMILES string of the molecule is CCN(CCCN1CCCC1)Cc1ccccc1CN. The van der Waals surface area contributed by atoms with Crippen LogP contribution in [0.4, 0.5) is 0 Å². The van der Waals surface area contributed by atoms with Crippen molar-refractivity contribution in [1.82, 2.24) is 9.80 Å². The molecular formula is C17H29N3. The van der Waals surface area contributed by atoms with E-state index in [0.29, 0.717) is 6.54 Å². The Bertz CT molecular complexity index is 386. The van der Waals surface area contributed by atoms with Crippen molar-refractivity contribution >= 4 is 0 Å². The average molecular weight is 275 g/mol. The van der Waals surface area contributed by atoms with E-state index in [-0.39, 0.29) is 0 Å². The third-order valence-electron chi connectivity index (χ3n) is 4.33. The maximum absolute atomic E-state index is 5.83. The van der Waals surface area contributed by atoms with E-state index < -0.39 is 0 Å². The van der Waals surface area contributed by atoms with Crippen LogP contribution in [0.15, 0.2) is 24.3 Å². The third-order valence-corrected chi connectivity index (χ3v) is 4.33. The van der Waals surface area contributed by atoms with Crippen molar-refractivity contribution in [2.24, 2.45) is 5.73 Å². The molecule has 0 amide bonds. The van der Waals surface area contributed by atoms with Gasteiger partial charge in [0.1, 0.15) is 0 Å². The zero-order valence-corrected chi connectivity index (χ0v) is 12.9. The van der Waals surface area contributed by atoms with Gasteiger partial charge in [0.2, 0.25) is 0 Å². The summed E-state index contributed by atoms with van der Waals surface area (Å²) < 4.78 is 0. The summed E-state index contributed by atoms with van der Waals surface area (Å²) in [5.41, 5.74) is 8.50. The van der Waals surface area contributed by atoms with Gasteiger partial charge in [0, 0.05) is 13.1 Å². The fourth-order valence-corrected chi connectivity index (χ4v) is 3.02. The molecule has 0 aliphatic carbocycles. The van der Waals surface area contributed by atoms with Gasteiger partial charge in [0.25, 0.3) is 0 Å². The third kappa shape index (κ3) is 4.58. The lowest BCUT2D eigenvalue weighted by Gasteiger charge is -2.23. The summed E-state index contributed by atoms with van der Waals surface area (Å²) in [6.45, 7) is 10.1. The number of likely N-dealkylation sites (tertiary alicyclic amines) is 1. The molecular weight excluding hydrogens is 246 g/mol. The number of benzene rings is 1. The first-order chi connectivity index (χ1) is 9.83. The molecule has 1 saturated heterocycles.